The molecular formula is C10H13FN2O3. The summed E-state index contributed by atoms with van der Waals surface area (Å²) in [6.45, 7) is 1.88. The molecule has 1 rings (SSSR count). The molecule has 3 N–H and O–H groups in total. The van der Waals surface area contributed by atoms with Gasteiger partial charge in [-0.3, -0.25) is 10.1 Å². The third kappa shape index (κ3) is 2.46. The fourth-order valence-corrected chi connectivity index (χ4v) is 1.49. The molecule has 0 unspecified atom stereocenters. The van der Waals surface area contributed by atoms with Crippen LogP contribution < -0.4 is 5.73 Å². The number of phenols is 1. The smallest absolute Gasteiger partial charge is 0.313 e. The maximum Gasteiger partial charge on any atom is 0.313 e. The minimum absolute atomic E-state index is 0.0774. The summed E-state index contributed by atoms with van der Waals surface area (Å²) in [7, 11) is 0. The van der Waals surface area contributed by atoms with Gasteiger partial charge in [-0.15, -0.1) is 0 Å². The highest BCUT2D eigenvalue weighted by Gasteiger charge is 2.22. The minimum atomic E-state index is -0.833. The molecule has 0 aromatic heterocycles. The van der Waals surface area contributed by atoms with E-state index in [0.29, 0.717) is 12.5 Å². The van der Waals surface area contributed by atoms with Crippen LogP contribution in [0, 0.1) is 15.9 Å². The summed E-state index contributed by atoms with van der Waals surface area (Å²) in [5, 5.41) is 20.1. The van der Waals surface area contributed by atoms with Crippen molar-refractivity contribution in [3.05, 3.63) is 33.6 Å². The number of nitrogens with zero attached hydrogens (tertiary/aromatic N) is 1. The Morgan fingerprint density at radius 2 is 2.25 bits per heavy atom. The van der Waals surface area contributed by atoms with Gasteiger partial charge < -0.3 is 10.8 Å². The van der Waals surface area contributed by atoms with E-state index in [1.54, 1.807) is 0 Å². The molecule has 0 aliphatic heterocycles. The van der Waals surface area contributed by atoms with Crippen molar-refractivity contribution in [2.75, 3.05) is 0 Å². The molecule has 1 aromatic carbocycles. The Bertz CT molecular complexity index is 409. The minimum Gasteiger partial charge on any atom is -0.502 e. The molecule has 0 bridgehead atoms. The first-order chi connectivity index (χ1) is 7.47. The Kier molecular flexibility index (Phi) is 3.78. The van der Waals surface area contributed by atoms with Crippen LogP contribution >= 0.6 is 0 Å². The van der Waals surface area contributed by atoms with Crippen molar-refractivity contribution < 1.29 is 14.4 Å². The third-order valence-electron chi connectivity index (χ3n) is 2.28. The van der Waals surface area contributed by atoms with Gasteiger partial charge in [0.05, 0.1) is 11.0 Å². The fraction of sp³-hybridized carbons (Fsp3) is 0.400. The Labute approximate surface area is 91.8 Å². The molecule has 1 aromatic rings. The monoisotopic (exact) mass is 228 g/mol. The van der Waals surface area contributed by atoms with E-state index in [4.69, 9.17) is 5.73 Å². The summed E-state index contributed by atoms with van der Waals surface area (Å²) >= 11 is 0. The van der Waals surface area contributed by atoms with Gasteiger partial charge in [0.1, 0.15) is 5.82 Å². The van der Waals surface area contributed by atoms with Crippen molar-refractivity contribution in [3.8, 4) is 5.75 Å². The first-order valence-electron chi connectivity index (χ1n) is 4.89. The molecule has 0 amide bonds. The molecule has 0 saturated carbocycles. The van der Waals surface area contributed by atoms with E-state index < -0.39 is 28.2 Å². The second-order valence-corrected chi connectivity index (χ2v) is 3.52. The van der Waals surface area contributed by atoms with E-state index in [1.165, 1.54) is 0 Å². The van der Waals surface area contributed by atoms with Gasteiger partial charge in [0, 0.05) is 11.6 Å². The standard InChI is InChI=1S/C10H13FN2O3/c1-2-3-8(12)7-4-6(11)5-9(10(7)14)13(15)16/h4-5,8,14H,2-3,12H2,1H3/t8-/m0/s1. The van der Waals surface area contributed by atoms with Crippen molar-refractivity contribution in [2.24, 2.45) is 5.73 Å². The van der Waals surface area contributed by atoms with Crippen molar-refractivity contribution in [2.45, 2.75) is 25.8 Å². The van der Waals surface area contributed by atoms with E-state index in [2.05, 4.69) is 0 Å². The van der Waals surface area contributed by atoms with E-state index in [-0.39, 0.29) is 5.56 Å². The number of benzene rings is 1. The Balaban J connectivity index is 3.23. The number of hydrogen-bond acceptors (Lipinski definition) is 4. The molecular weight excluding hydrogens is 215 g/mol. The molecule has 0 spiro atoms. The molecule has 1 atom stereocenters. The van der Waals surface area contributed by atoms with Gasteiger partial charge in [0.2, 0.25) is 0 Å². The first-order valence-corrected chi connectivity index (χ1v) is 4.89. The topological polar surface area (TPSA) is 89.4 Å². The van der Waals surface area contributed by atoms with Gasteiger partial charge in [0.25, 0.3) is 0 Å². The summed E-state index contributed by atoms with van der Waals surface area (Å²) in [6.07, 6.45) is 1.26. The lowest BCUT2D eigenvalue weighted by Gasteiger charge is -2.12. The van der Waals surface area contributed by atoms with Gasteiger partial charge in [0.15, 0.2) is 5.75 Å². The zero-order valence-corrected chi connectivity index (χ0v) is 8.81. The van der Waals surface area contributed by atoms with Gasteiger partial charge in [-0.2, -0.15) is 0 Å². The van der Waals surface area contributed by atoms with Crippen LogP contribution in [0.1, 0.15) is 31.4 Å². The van der Waals surface area contributed by atoms with Gasteiger partial charge in [-0.1, -0.05) is 13.3 Å². The summed E-state index contributed by atoms with van der Waals surface area (Å²) < 4.78 is 13.1. The predicted octanol–water partition coefficient (Wildman–Crippen LogP) is 2.24. The van der Waals surface area contributed by atoms with Crippen molar-refractivity contribution in [3.63, 3.8) is 0 Å². The molecule has 0 fully saturated rings. The molecule has 0 saturated heterocycles. The summed E-state index contributed by atoms with van der Waals surface area (Å²) in [6, 6.07) is 1.11. The maximum absolute atomic E-state index is 13.1. The van der Waals surface area contributed by atoms with Crippen LogP contribution in [0.4, 0.5) is 10.1 Å². The molecule has 0 heterocycles. The van der Waals surface area contributed by atoms with E-state index in [9.17, 15) is 19.6 Å². The highest BCUT2D eigenvalue weighted by atomic mass is 19.1. The lowest BCUT2D eigenvalue weighted by molar-refractivity contribution is -0.386. The van der Waals surface area contributed by atoms with Gasteiger partial charge >= 0.3 is 5.69 Å². The Morgan fingerprint density at radius 1 is 1.62 bits per heavy atom. The van der Waals surface area contributed by atoms with E-state index in [1.807, 2.05) is 6.92 Å². The Hall–Kier alpha value is -1.69. The van der Waals surface area contributed by atoms with Crippen molar-refractivity contribution in [1.82, 2.24) is 0 Å². The average Bonchev–Trinajstić information content (AvgIpc) is 2.20. The lowest BCUT2D eigenvalue weighted by Crippen LogP contribution is -2.11. The van der Waals surface area contributed by atoms with Crippen LogP contribution in [-0.2, 0) is 0 Å². The number of nitro groups is 1. The number of aromatic hydroxyl groups is 1. The highest BCUT2D eigenvalue weighted by Crippen LogP contribution is 2.35. The summed E-state index contributed by atoms with van der Waals surface area (Å²) in [5.41, 5.74) is 5.12. The number of rotatable bonds is 4. The highest BCUT2D eigenvalue weighted by molar-refractivity contribution is 5.52. The largest absolute Gasteiger partial charge is 0.502 e. The predicted molar refractivity (Wildman–Crippen MR) is 56.6 cm³/mol. The number of phenolic OH excluding ortho intramolecular Hbond substituents is 1. The number of nitro benzene ring substituents is 1. The molecule has 5 nitrogen and oxygen atoms in total. The van der Waals surface area contributed by atoms with Crippen molar-refractivity contribution in [1.29, 1.82) is 0 Å². The molecule has 88 valence electrons. The molecule has 0 aliphatic rings. The SMILES string of the molecule is CCC[C@H](N)c1cc(F)cc([N+](=O)[O-])c1O. The molecule has 16 heavy (non-hydrogen) atoms. The molecule has 0 aliphatic carbocycles. The summed E-state index contributed by atoms with van der Waals surface area (Å²) in [5.74, 6) is -1.32. The second kappa shape index (κ2) is 4.89. The summed E-state index contributed by atoms with van der Waals surface area (Å²) in [4.78, 5) is 9.71. The first kappa shape index (κ1) is 12.4. The van der Waals surface area contributed by atoms with E-state index in [0.717, 1.165) is 12.5 Å². The van der Waals surface area contributed by atoms with Crippen LogP contribution in [0.25, 0.3) is 0 Å². The number of nitrogens with two attached hydrogens (primary N) is 1. The van der Waals surface area contributed by atoms with Crippen LogP contribution in [0.5, 0.6) is 5.75 Å². The van der Waals surface area contributed by atoms with Crippen molar-refractivity contribution >= 4 is 5.69 Å². The maximum atomic E-state index is 13.1. The molecule has 6 heteroatoms. The zero-order chi connectivity index (χ0) is 12.3. The second-order valence-electron chi connectivity index (χ2n) is 3.52. The van der Waals surface area contributed by atoms with Crippen LogP contribution in [0.15, 0.2) is 12.1 Å². The third-order valence-corrected chi connectivity index (χ3v) is 2.28. The number of halogens is 1. The average molecular weight is 228 g/mol. The van der Waals surface area contributed by atoms with Gasteiger partial charge in [-0.25, -0.2) is 4.39 Å². The Morgan fingerprint density at radius 3 is 2.75 bits per heavy atom. The van der Waals surface area contributed by atoms with Crippen LogP contribution in [0.3, 0.4) is 0 Å². The fourth-order valence-electron chi connectivity index (χ4n) is 1.49. The van der Waals surface area contributed by atoms with Gasteiger partial charge in [-0.05, 0) is 12.5 Å². The quantitative estimate of drug-likeness (QED) is 0.610. The van der Waals surface area contributed by atoms with Crippen LogP contribution in [0.2, 0.25) is 0 Å². The lowest BCUT2D eigenvalue weighted by atomic mass is 10.0. The molecule has 0 radical (unpaired) electrons. The normalized spacial score (nSPS) is 12.4. The zero-order valence-electron chi connectivity index (χ0n) is 8.81. The van der Waals surface area contributed by atoms with E-state index >= 15 is 0 Å². The number of hydrogen-bond donors (Lipinski definition) is 2. The van der Waals surface area contributed by atoms with Crippen LogP contribution in [-0.4, -0.2) is 10.0 Å².